The Labute approximate surface area is 361 Å². The number of furan rings is 1. The highest BCUT2D eigenvalue weighted by atomic mass is 16.3. The third kappa shape index (κ3) is 4.75. The molecular formula is C60H43NO. The Kier molecular flexibility index (Phi) is 7.16. The van der Waals surface area contributed by atoms with Gasteiger partial charge in [-0.15, -0.1) is 0 Å². The lowest BCUT2D eigenvalue weighted by atomic mass is 9.82. The monoisotopic (exact) mass is 793 g/mol. The lowest BCUT2D eigenvalue weighted by Gasteiger charge is -2.30. The Morgan fingerprint density at radius 3 is 1.50 bits per heavy atom. The second kappa shape index (κ2) is 12.6. The molecule has 2 heteroatoms. The van der Waals surface area contributed by atoms with E-state index in [0.29, 0.717) is 0 Å². The SMILES string of the molecule is CC1(C)c2ccccc2-c2ccc(N(c3ccc4c(c3)C(C)(C)c3ccccc3-4)c3ccc(-c4ccc5ccccc5c4)c4c3oc3c5ccccc5c5ccccc5c34)cc21. The summed E-state index contributed by atoms with van der Waals surface area (Å²) in [7, 11) is 0. The van der Waals surface area contributed by atoms with Gasteiger partial charge in [-0.3, -0.25) is 0 Å². The molecule has 1 aromatic heterocycles. The Bertz CT molecular complexity index is 3600. The fourth-order valence-corrected chi connectivity index (χ4v) is 11.4. The molecular weight excluding hydrogens is 751 g/mol. The Balaban J connectivity index is 1.15. The number of anilines is 3. The van der Waals surface area contributed by atoms with Crippen molar-refractivity contribution < 1.29 is 4.42 Å². The van der Waals surface area contributed by atoms with Gasteiger partial charge < -0.3 is 9.32 Å². The van der Waals surface area contributed by atoms with E-state index in [1.807, 2.05) is 0 Å². The minimum absolute atomic E-state index is 0.165. The molecule has 2 aliphatic rings. The fourth-order valence-electron chi connectivity index (χ4n) is 11.4. The van der Waals surface area contributed by atoms with Gasteiger partial charge in [-0.1, -0.05) is 179 Å². The Morgan fingerprint density at radius 1 is 0.355 bits per heavy atom. The van der Waals surface area contributed by atoms with Crippen molar-refractivity contribution in [3.8, 4) is 33.4 Å². The maximum atomic E-state index is 7.51. The zero-order valence-corrected chi connectivity index (χ0v) is 35.3. The van der Waals surface area contributed by atoms with Gasteiger partial charge in [-0.2, -0.15) is 0 Å². The molecule has 0 atom stereocenters. The summed E-state index contributed by atoms with van der Waals surface area (Å²) < 4.78 is 7.51. The Morgan fingerprint density at radius 2 is 0.855 bits per heavy atom. The maximum Gasteiger partial charge on any atom is 0.160 e. The predicted octanol–water partition coefficient (Wildman–Crippen LogP) is 16.8. The lowest BCUT2D eigenvalue weighted by molar-refractivity contribution is 0.660. The molecule has 0 fully saturated rings. The average Bonchev–Trinajstić information content (AvgIpc) is 3.90. The predicted molar refractivity (Wildman–Crippen MR) is 261 cm³/mol. The van der Waals surface area contributed by atoms with Crippen LogP contribution in [0.1, 0.15) is 49.9 Å². The van der Waals surface area contributed by atoms with Gasteiger partial charge in [0.25, 0.3) is 0 Å². The average molecular weight is 794 g/mol. The topological polar surface area (TPSA) is 16.4 Å². The maximum absolute atomic E-state index is 7.51. The molecule has 0 radical (unpaired) electrons. The number of hydrogen-bond donors (Lipinski definition) is 0. The number of benzene rings is 10. The second-order valence-corrected chi connectivity index (χ2v) is 18.4. The van der Waals surface area contributed by atoms with Crippen molar-refractivity contribution >= 4 is 71.3 Å². The third-order valence-corrected chi connectivity index (χ3v) is 14.4. The van der Waals surface area contributed by atoms with Gasteiger partial charge in [-0.05, 0) is 119 Å². The molecule has 10 aromatic carbocycles. The van der Waals surface area contributed by atoms with Gasteiger partial charge in [0.2, 0.25) is 0 Å². The zero-order valence-electron chi connectivity index (χ0n) is 35.3. The summed E-state index contributed by atoms with van der Waals surface area (Å²) in [6.45, 7) is 9.47. The van der Waals surface area contributed by atoms with Crippen LogP contribution in [-0.2, 0) is 10.8 Å². The lowest BCUT2D eigenvalue weighted by Crippen LogP contribution is -2.18. The highest BCUT2D eigenvalue weighted by Gasteiger charge is 2.38. The molecule has 2 aliphatic carbocycles. The van der Waals surface area contributed by atoms with Crippen LogP contribution in [0.4, 0.5) is 17.1 Å². The molecule has 13 rings (SSSR count). The molecule has 1 heterocycles. The summed E-state index contributed by atoms with van der Waals surface area (Å²) >= 11 is 0. The summed E-state index contributed by atoms with van der Waals surface area (Å²) in [5.74, 6) is 0. The standard InChI is InChI=1S/C60H43NO/c1-59(2)50-23-13-11-19-44(50)46-29-27-39(34-52(46)59)61(40-28-30-47-45-20-12-14-24-51(45)60(3,4)53(47)35-40)54-32-31-41(38-26-25-36-15-5-6-16-37(36)33-38)55-56-48-21-9-7-17-42(48)43-18-8-10-22-49(43)57(56)62-58(54)55/h5-35H,1-4H3. The van der Waals surface area contributed by atoms with Crippen molar-refractivity contribution in [2.75, 3.05) is 4.90 Å². The van der Waals surface area contributed by atoms with Gasteiger partial charge in [-0.25, -0.2) is 0 Å². The number of fused-ring (bicyclic) bond motifs is 15. The molecule has 0 aliphatic heterocycles. The van der Waals surface area contributed by atoms with Crippen molar-refractivity contribution in [3.05, 3.63) is 210 Å². The Hall–Kier alpha value is -7.42. The molecule has 294 valence electrons. The fraction of sp³-hybridized carbons (Fsp3) is 0.100. The van der Waals surface area contributed by atoms with Crippen LogP contribution in [0.15, 0.2) is 192 Å². The highest BCUT2D eigenvalue weighted by molar-refractivity contribution is 6.33. The highest BCUT2D eigenvalue weighted by Crippen LogP contribution is 2.55. The van der Waals surface area contributed by atoms with Crippen LogP contribution in [0.5, 0.6) is 0 Å². The summed E-state index contributed by atoms with van der Waals surface area (Å²) in [5.41, 5.74) is 17.7. The minimum Gasteiger partial charge on any atom is -0.453 e. The molecule has 0 bridgehead atoms. The normalized spacial score (nSPS) is 14.4. The zero-order chi connectivity index (χ0) is 41.5. The van der Waals surface area contributed by atoms with Gasteiger partial charge in [0, 0.05) is 38.4 Å². The van der Waals surface area contributed by atoms with Gasteiger partial charge in [0.05, 0.1) is 5.69 Å². The van der Waals surface area contributed by atoms with Crippen LogP contribution in [-0.4, -0.2) is 0 Å². The van der Waals surface area contributed by atoms with Gasteiger partial charge in [0.15, 0.2) is 5.58 Å². The quantitative estimate of drug-likeness (QED) is 0.165. The van der Waals surface area contributed by atoms with E-state index in [1.54, 1.807) is 0 Å². The van der Waals surface area contributed by atoms with E-state index in [1.165, 1.54) is 77.0 Å². The van der Waals surface area contributed by atoms with E-state index in [4.69, 9.17) is 4.42 Å². The van der Waals surface area contributed by atoms with E-state index in [9.17, 15) is 0 Å². The van der Waals surface area contributed by atoms with Crippen molar-refractivity contribution in [1.82, 2.24) is 0 Å². The minimum atomic E-state index is -0.165. The van der Waals surface area contributed by atoms with Crippen LogP contribution in [0.25, 0.3) is 87.6 Å². The molecule has 0 unspecified atom stereocenters. The second-order valence-electron chi connectivity index (χ2n) is 18.4. The van der Waals surface area contributed by atoms with Crippen LogP contribution in [0.2, 0.25) is 0 Å². The van der Waals surface area contributed by atoms with Crippen molar-refractivity contribution in [2.24, 2.45) is 0 Å². The van der Waals surface area contributed by atoms with Crippen LogP contribution < -0.4 is 4.90 Å². The van der Waals surface area contributed by atoms with Gasteiger partial charge in [0.1, 0.15) is 5.58 Å². The van der Waals surface area contributed by atoms with Crippen LogP contribution in [0.3, 0.4) is 0 Å². The molecule has 0 amide bonds. The molecule has 0 saturated carbocycles. The van der Waals surface area contributed by atoms with Crippen molar-refractivity contribution in [1.29, 1.82) is 0 Å². The first-order chi connectivity index (χ1) is 30.3. The first-order valence-corrected chi connectivity index (χ1v) is 21.8. The van der Waals surface area contributed by atoms with E-state index >= 15 is 0 Å². The molecule has 0 spiro atoms. The first kappa shape index (κ1) is 35.3. The first-order valence-electron chi connectivity index (χ1n) is 21.8. The summed E-state index contributed by atoms with van der Waals surface area (Å²) in [6.07, 6.45) is 0. The van der Waals surface area contributed by atoms with Gasteiger partial charge >= 0.3 is 0 Å². The molecule has 0 N–H and O–H groups in total. The molecule has 11 aromatic rings. The van der Waals surface area contributed by atoms with E-state index in [-0.39, 0.29) is 10.8 Å². The van der Waals surface area contributed by atoms with Crippen molar-refractivity contribution in [2.45, 2.75) is 38.5 Å². The van der Waals surface area contributed by atoms with E-state index in [2.05, 4.69) is 221 Å². The smallest absolute Gasteiger partial charge is 0.160 e. The summed E-state index contributed by atoms with van der Waals surface area (Å²) in [5, 5.41) is 9.46. The number of nitrogens with zero attached hydrogens (tertiary/aromatic N) is 1. The number of hydrogen-bond acceptors (Lipinski definition) is 2. The number of rotatable bonds is 4. The van der Waals surface area contributed by atoms with Crippen LogP contribution in [0, 0.1) is 0 Å². The van der Waals surface area contributed by atoms with Crippen molar-refractivity contribution in [3.63, 3.8) is 0 Å². The summed E-state index contributed by atoms with van der Waals surface area (Å²) in [4.78, 5) is 2.47. The van der Waals surface area contributed by atoms with Crippen LogP contribution >= 0.6 is 0 Å². The molecule has 0 saturated heterocycles. The molecule has 2 nitrogen and oxygen atoms in total. The molecule has 62 heavy (non-hydrogen) atoms. The largest absolute Gasteiger partial charge is 0.453 e. The van der Waals surface area contributed by atoms with E-state index in [0.717, 1.165) is 50.0 Å². The third-order valence-electron chi connectivity index (χ3n) is 14.4. The van der Waals surface area contributed by atoms with E-state index < -0.39 is 0 Å². The summed E-state index contributed by atoms with van der Waals surface area (Å²) in [6, 6.07) is 69.8.